The van der Waals surface area contributed by atoms with E-state index in [2.05, 4.69) is 4.74 Å². The van der Waals surface area contributed by atoms with Crippen LogP contribution < -0.4 is 5.32 Å². The van der Waals surface area contributed by atoms with E-state index in [1.54, 1.807) is 0 Å². The minimum Gasteiger partial charge on any atom is -0.468 e. The predicted molar refractivity (Wildman–Crippen MR) is 35.5 cm³/mol. The summed E-state index contributed by atoms with van der Waals surface area (Å²) in [5.74, 6) is -0.709. The van der Waals surface area contributed by atoms with Crippen molar-refractivity contribution in [1.29, 1.82) is 0 Å². The third kappa shape index (κ3) is 4.95. The molecule has 12 heavy (non-hydrogen) atoms. The van der Waals surface area contributed by atoms with Gasteiger partial charge in [-0.2, -0.15) is 13.2 Å². The summed E-state index contributed by atoms with van der Waals surface area (Å²) in [5.41, 5.74) is 0. The topological polar surface area (TPSA) is 38.3 Å². The Morgan fingerprint density at radius 3 is 2.42 bits per heavy atom. The third-order valence-corrected chi connectivity index (χ3v) is 1.16. The summed E-state index contributed by atoms with van der Waals surface area (Å²) in [6.45, 7) is 0.112. The Bertz CT molecular complexity index is 157. The molecular formula is C6H10F3NO2. The monoisotopic (exact) mass is 185 g/mol. The van der Waals surface area contributed by atoms with Gasteiger partial charge in [0.1, 0.15) is 6.04 Å². The second-order valence-corrected chi connectivity index (χ2v) is 2.24. The van der Waals surface area contributed by atoms with Crippen molar-refractivity contribution < 1.29 is 22.7 Å². The van der Waals surface area contributed by atoms with Gasteiger partial charge in [0.05, 0.1) is 13.7 Å². The van der Waals surface area contributed by atoms with Crippen molar-refractivity contribution in [3.8, 4) is 0 Å². The number of rotatable bonds is 3. The first kappa shape index (κ1) is 11.2. The number of halogens is 3. The third-order valence-electron chi connectivity index (χ3n) is 1.16. The number of carbonyl (C=O) groups is 1. The minimum absolute atomic E-state index is 0.709. The van der Waals surface area contributed by atoms with Gasteiger partial charge in [-0.1, -0.05) is 0 Å². The van der Waals surface area contributed by atoms with Crippen LogP contribution in [0.25, 0.3) is 0 Å². The number of nitrogens with one attached hydrogen (secondary N) is 1. The van der Waals surface area contributed by atoms with Crippen LogP contribution in [0.2, 0.25) is 0 Å². The van der Waals surface area contributed by atoms with Gasteiger partial charge in [0.15, 0.2) is 0 Å². The molecule has 0 saturated carbocycles. The maximum atomic E-state index is 11.6. The zero-order valence-corrected chi connectivity index (χ0v) is 6.73. The zero-order chi connectivity index (χ0) is 9.78. The molecule has 1 atom stereocenters. The van der Waals surface area contributed by atoms with Gasteiger partial charge < -0.3 is 4.74 Å². The summed E-state index contributed by atoms with van der Waals surface area (Å²) in [6.07, 6.45) is -4.30. The molecule has 6 heteroatoms. The second kappa shape index (κ2) is 4.30. The van der Waals surface area contributed by atoms with Crippen molar-refractivity contribution in [2.75, 3.05) is 13.7 Å². The molecule has 0 aliphatic heterocycles. The highest BCUT2D eigenvalue weighted by molar-refractivity contribution is 5.75. The smallest absolute Gasteiger partial charge is 0.401 e. The molecule has 0 amide bonds. The van der Waals surface area contributed by atoms with Crippen LogP contribution in [-0.4, -0.2) is 31.8 Å². The number of ether oxygens (including phenoxy) is 1. The van der Waals surface area contributed by atoms with Crippen LogP contribution >= 0.6 is 0 Å². The Morgan fingerprint density at radius 2 is 2.08 bits per heavy atom. The summed E-state index contributed by atoms with van der Waals surface area (Å²) in [6, 6.07) is -0.934. The SMILES string of the molecule is COC(=O)C(C)NCC(F)(F)F. The zero-order valence-electron chi connectivity index (χ0n) is 6.73. The highest BCUT2D eigenvalue weighted by atomic mass is 19.4. The summed E-state index contributed by atoms with van der Waals surface area (Å²) in [4.78, 5) is 10.6. The molecule has 0 aliphatic carbocycles. The highest BCUT2D eigenvalue weighted by Gasteiger charge is 2.28. The quantitative estimate of drug-likeness (QED) is 0.658. The lowest BCUT2D eigenvalue weighted by molar-refractivity contribution is -0.145. The van der Waals surface area contributed by atoms with E-state index in [-0.39, 0.29) is 0 Å². The van der Waals surface area contributed by atoms with E-state index in [4.69, 9.17) is 0 Å². The van der Waals surface area contributed by atoms with Crippen molar-refractivity contribution in [2.24, 2.45) is 0 Å². The van der Waals surface area contributed by atoms with Gasteiger partial charge in [-0.05, 0) is 6.92 Å². The second-order valence-electron chi connectivity index (χ2n) is 2.24. The van der Waals surface area contributed by atoms with E-state index >= 15 is 0 Å². The molecule has 0 aromatic rings. The van der Waals surface area contributed by atoms with Gasteiger partial charge in [-0.15, -0.1) is 0 Å². The summed E-state index contributed by atoms with van der Waals surface area (Å²) < 4.78 is 38.9. The van der Waals surface area contributed by atoms with Crippen LogP contribution in [0.3, 0.4) is 0 Å². The van der Waals surface area contributed by atoms with E-state index < -0.39 is 24.7 Å². The largest absolute Gasteiger partial charge is 0.468 e. The van der Waals surface area contributed by atoms with Crippen molar-refractivity contribution >= 4 is 5.97 Å². The van der Waals surface area contributed by atoms with E-state index in [0.29, 0.717) is 0 Å². The Hall–Kier alpha value is -0.780. The van der Waals surface area contributed by atoms with E-state index in [0.717, 1.165) is 7.11 Å². The number of methoxy groups -OCH3 is 1. The fourth-order valence-corrected chi connectivity index (χ4v) is 0.529. The van der Waals surface area contributed by atoms with Crippen LogP contribution in [0.5, 0.6) is 0 Å². The highest BCUT2D eigenvalue weighted by Crippen LogP contribution is 2.12. The van der Waals surface area contributed by atoms with Gasteiger partial charge in [0.2, 0.25) is 0 Å². The number of esters is 1. The molecule has 0 fully saturated rings. The molecular weight excluding hydrogens is 175 g/mol. The summed E-state index contributed by atoms with van der Waals surface area (Å²) >= 11 is 0. The first-order valence-corrected chi connectivity index (χ1v) is 3.25. The molecule has 1 unspecified atom stereocenters. The van der Waals surface area contributed by atoms with Gasteiger partial charge >= 0.3 is 12.1 Å². The predicted octanol–water partition coefficient (Wildman–Crippen LogP) is 0.700. The van der Waals surface area contributed by atoms with Gasteiger partial charge in [-0.3, -0.25) is 10.1 Å². The van der Waals surface area contributed by atoms with Crippen LogP contribution in [0.4, 0.5) is 13.2 Å². The number of alkyl halides is 3. The van der Waals surface area contributed by atoms with Crippen LogP contribution in [0, 0.1) is 0 Å². The number of carbonyl (C=O) groups excluding carboxylic acids is 1. The van der Waals surface area contributed by atoms with E-state index in [1.807, 2.05) is 5.32 Å². The average molecular weight is 185 g/mol. The lowest BCUT2D eigenvalue weighted by Crippen LogP contribution is -2.40. The molecule has 0 aliphatic rings. The molecule has 0 aromatic heterocycles. The molecule has 0 saturated heterocycles. The summed E-state index contributed by atoms with van der Waals surface area (Å²) in [5, 5.41) is 1.97. The van der Waals surface area contributed by atoms with Gasteiger partial charge in [-0.25, -0.2) is 0 Å². The van der Waals surface area contributed by atoms with Crippen molar-refractivity contribution in [3.05, 3.63) is 0 Å². The molecule has 72 valence electrons. The minimum atomic E-state index is -4.30. The average Bonchev–Trinajstić information content (AvgIpc) is 1.97. The van der Waals surface area contributed by atoms with E-state index in [9.17, 15) is 18.0 Å². The van der Waals surface area contributed by atoms with Gasteiger partial charge in [0, 0.05) is 0 Å². The molecule has 0 spiro atoms. The maximum Gasteiger partial charge on any atom is 0.401 e. The van der Waals surface area contributed by atoms with Gasteiger partial charge in [0.25, 0.3) is 0 Å². The fraction of sp³-hybridized carbons (Fsp3) is 0.833. The molecule has 3 nitrogen and oxygen atoms in total. The summed E-state index contributed by atoms with van der Waals surface area (Å²) in [7, 11) is 1.12. The van der Waals surface area contributed by atoms with E-state index in [1.165, 1.54) is 6.92 Å². The molecule has 0 radical (unpaired) electrons. The Balaban J connectivity index is 3.72. The lowest BCUT2D eigenvalue weighted by Gasteiger charge is -2.12. The molecule has 0 heterocycles. The van der Waals surface area contributed by atoms with Crippen molar-refractivity contribution in [3.63, 3.8) is 0 Å². The maximum absolute atomic E-state index is 11.6. The first-order valence-electron chi connectivity index (χ1n) is 3.25. The Morgan fingerprint density at radius 1 is 1.58 bits per heavy atom. The molecule has 0 aromatic carbocycles. The number of hydrogen-bond acceptors (Lipinski definition) is 3. The molecule has 1 N–H and O–H groups in total. The molecule has 0 rings (SSSR count). The first-order chi connectivity index (χ1) is 5.37. The van der Waals surface area contributed by atoms with Crippen LogP contribution in [0.15, 0.2) is 0 Å². The molecule has 0 bridgehead atoms. The Kier molecular flexibility index (Phi) is 4.02. The van der Waals surface area contributed by atoms with Crippen LogP contribution in [-0.2, 0) is 9.53 Å². The normalized spacial score (nSPS) is 14.1. The standard InChI is InChI=1S/C6H10F3NO2/c1-4(5(11)12-2)10-3-6(7,8)9/h4,10H,3H2,1-2H3. The Labute approximate surface area is 67.9 Å². The lowest BCUT2D eigenvalue weighted by atomic mass is 10.3. The van der Waals surface area contributed by atoms with Crippen molar-refractivity contribution in [2.45, 2.75) is 19.1 Å². The van der Waals surface area contributed by atoms with Crippen molar-refractivity contribution in [1.82, 2.24) is 5.32 Å². The number of hydrogen-bond donors (Lipinski definition) is 1. The fourth-order valence-electron chi connectivity index (χ4n) is 0.529. The van der Waals surface area contributed by atoms with Crippen LogP contribution in [0.1, 0.15) is 6.92 Å².